The molecule has 27 heavy (non-hydrogen) atoms. The Kier molecular flexibility index (Phi) is 15.5. The van der Waals surface area contributed by atoms with E-state index in [0.717, 1.165) is 12.8 Å². The molecule has 6 heteroatoms. The van der Waals surface area contributed by atoms with Gasteiger partial charge in [-0.1, -0.05) is 26.7 Å². The van der Waals surface area contributed by atoms with E-state index in [2.05, 4.69) is 13.8 Å². The molecule has 0 saturated carbocycles. The van der Waals surface area contributed by atoms with E-state index in [1.165, 1.54) is 12.8 Å². The number of ether oxygens (including phenoxy) is 4. The monoisotopic (exact) mass is 390 g/mol. The molecule has 0 heterocycles. The highest BCUT2D eigenvalue weighted by atomic mass is 16.5. The van der Waals surface area contributed by atoms with E-state index in [0.29, 0.717) is 39.6 Å². The highest BCUT2D eigenvalue weighted by Crippen LogP contribution is 2.30. The third-order valence-corrected chi connectivity index (χ3v) is 4.62. The summed E-state index contributed by atoms with van der Waals surface area (Å²) in [5.41, 5.74) is 11.5. The van der Waals surface area contributed by atoms with Crippen LogP contribution in [0, 0.1) is 5.41 Å². The Balaban J connectivity index is 4.40. The molecule has 164 valence electrons. The van der Waals surface area contributed by atoms with Crippen LogP contribution < -0.4 is 11.5 Å². The fourth-order valence-electron chi connectivity index (χ4n) is 2.73. The van der Waals surface area contributed by atoms with Crippen molar-refractivity contribution in [2.45, 2.75) is 91.5 Å². The molecule has 0 aliphatic carbocycles. The minimum absolute atomic E-state index is 0.0395. The third-order valence-electron chi connectivity index (χ3n) is 4.62. The number of unbranched alkanes of at least 4 members (excludes halogenated alkanes) is 1. The Morgan fingerprint density at radius 2 is 1.19 bits per heavy atom. The number of hydrogen-bond donors (Lipinski definition) is 2. The fraction of sp³-hybridized carbons (Fsp3) is 1.00. The topological polar surface area (TPSA) is 89.0 Å². The van der Waals surface area contributed by atoms with Crippen molar-refractivity contribution in [1.29, 1.82) is 0 Å². The number of hydrogen-bond acceptors (Lipinski definition) is 6. The van der Waals surface area contributed by atoms with Gasteiger partial charge in [0, 0.05) is 17.5 Å². The van der Waals surface area contributed by atoms with Crippen molar-refractivity contribution < 1.29 is 18.9 Å². The highest BCUT2D eigenvalue weighted by Gasteiger charge is 2.29. The maximum atomic E-state index is 6.02. The van der Waals surface area contributed by atoms with Crippen LogP contribution in [-0.2, 0) is 18.9 Å². The second-order valence-electron chi connectivity index (χ2n) is 8.23. The molecule has 0 fully saturated rings. The fourth-order valence-corrected chi connectivity index (χ4v) is 2.73. The molecule has 0 spiro atoms. The van der Waals surface area contributed by atoms with Gasteiger partial charge in [-0.15, -0.1) is 0 Å². The highest BCUT2D eigenvalue weighted by molar-refractivity contribution is 4.78. The summed E-state index contributed by atoms with van der Waals surface area (Å²) in [5.74, 6) is 0. The van der Waals surface area contributed by atoms with Gasteiger partial charge in [0.05, 0.1) is 51.8 Å². The van der Waals surface area contributed by atoms with Crippen LogP contribution in [0.3, 0.4) is 0 Å². The molecular formula is C21H46N2O4. The predicted octanol–water partition coefficient (Wildman–Crippen LogP) is 3.11. The van der Waals surface area contributed by atoms with E-state index in [-0.39, 0.29) is 29.7 Å². The van der Waals surface area contributed by atoms with Crippen molar-refractivity contribution in [3.8, 4) is 0 Å². The smallest absolute Gasteiger partial charge is 0.0781 e. The van der Waals surface area contributed by atoms with Crippen LogP contribution in [0.2, 0.25) is 0 Å². The molecular weight excluding hydrogens is 344 g/mol. The van der Waals surface area contributed by atoms with Crippen LogP contribution in [0.1, 0.15) is 67.2 Å². The quantitative estimate of drug-likeness (QED) is 0.374. The molecule has 0 aliphatic rings. The van der Waals surface area contributed by atoms with Gasteiger partial charge in [-0.2, -0.15) is 0 Å². The summed E-state index contributed by atoms with van der Waals surface area (Å²) < 4.78 is 23.4. The van der Waals surface area contributed by atoms with Crippen molar-refractivity contribution in [3.05, 3.63) is 0 Å². The van der Waals surface area contributed by atoms with Gasteiger partial charge in [-0.25, -0.2) is 0 Å². The molecule has 4 unspecified atom stereocenters. The van der Waals surface area contributed by atoms with Gasteiger partial charge in [-0.05, 0) is 40.5 Å². The molecule has 0 rings (SSSR count). The number of nitrogens with two attached hydrogens (primary N) is 2. The summed E-state index contributed by atoms with van der Waals surface area (Å²) in [6, 6.07) is 0.0956. The summed E-state index contributed by atoms with van der Waals surface area (Å²) in [6.07, 6.45) is 4.56. The average molecular weight is 391 g/mol. The normalized spacial score (nSPS) is 18.7. The van der Waals surface area contributed by atoms with E-state index in [9.17, 15) is 0 Å². The van der Waals surface area contributed by atoms with Crippen molar-refractivity contribution in [2.24, 2.45) is 16.9 Å². The first-order valence-electron chi connectivity index (χ1n) is 10.6. The first-order chi connectivity index (χ1) is 12.7. The zero-order valence-corrected chi connectivity index (χ0v) is 18.7. The SMILES string of the molecule is CCCCC(CC)(COCC(C)OCC(C)N)COCC(C)OCC(C)N. The van der Waals surface area contributed by atoms with Crippen LogP contribution in [-0.4, -0.2) is 63.9 Å². The lowest BCUT2D eigenvalue weighted by Crippen LogP contribution is -2.35. The maximum Gasteiger partial charge on any atom is 0.0781 e. The molecule has 4 N–H and O–H groups in total. The standard InChI is InChI=1S/C21H46N2O4/c1-7-9-10-21(8-2,15-24-13-19(5)26-11-17(3)22)16-25-14-20(6)27-12-18(4)23/h17-20H,7-16,22-23H2,1-6H3. The van der Waals surface area contributed by atoms with E-state index in [1.807, 2.05) is 27.7 Å². The molecule has 0 saturated heterocycles. The summed E-state index contributed by atoms with van der Waals surface area (Å²) >= 11 is 0. The van der Waals surface area contributed by atoms with Crippen LogP contribution >= 0.6 is 0 Å². The van der Waals surface area contributed by atoms with Gasteiger partial charge in [0.15, 0.2) is 0 Å². The Morgan fingerprint density at radius 1 is 0.741 bits per heavy atom. The lowest BCUT2D eigenvalue weighted by Gasteiger charge is -2.33. The minimum atomic E-state index is 0.0395. The van der Waals surface area contributed by atoms with Gasteiger partial charge in [0.25, 0.3) is 0 Å². The number of rotatable bonds is 18. The molecule has 0 aromatic rings. The summed E-state index contributed by atoms with van der Waals surface area (Å²) in [6.45, 7) is 16.0. The van der Waals surface area contributed by atoms with Crippen molar-refractivity contribution in [1.82, 2.24) is 0 Å². The second kappa shape index (κ2) is 15.7. The lowest BCUT2D eigenvalue weighted by molar-refractivity contribution is -0.0789. The minimum Gasteiger partial charge on any atom is -0.378 e. The zero-order chi connectivity index (χ0) is 20.7. The summed E-state index contributed by atoms with van der Waals surface area (Å²) in [4.78, 5) is 0. The van der Waals surface area contributed by atoms with Crippen LogP contribution in [0.4, 0.5) is 0 Å². The average Bonchev–Trinajstić information content (AvgIpc) is 2.62. The Labute approximate surface area is 167 Å². The van der Waals surface area contributed by atoms with Crippen LogP contribution in [0.25, 0.3) is 0 Å². The van der Waals surface area contributed by atoms with E-state index >= 15 is 0 Å². The summed E-state index contributed by atoms with van der Waals surface area (Å²) in [7, 11) is 0. The van der Waals surface area contributed by atoms with Crippen molar-refractivity contribution in [2.75, 3.05) is 39.6 Å². The Morgan fingerprint density at radius 3 is 1.52 bits per heavy atom. The van der Waals surface area contributed by atoms with E-state index in [1.54, 1.807) is 0 Å². The van der Waals surface area contributed by atoms with E-state index < -0.39 is 0 Å². The largest absolute Gasteiger partial charge is 0.378 e. The van der Waals surface area contributed by atoms with Crippen LogP contribution in [0.15, 0.2) is 0 Å². The molecule has 0 aliphatic heterocycles. The second-order valence-corrected chi connectivity index (χ2v) is 8.23. The molecule has 6 nitrogen and oxygen atoms in total. The molecule has 0 aromatic carbocycles. The molecule has 0 amide bonds. The van der Waals surface area contributed by atoms with E-state index in [4.69, 9.17) is 30.4 Å². The zero-order valence-electron chi connectivity index (χ0n) is 18.7. The maximum absolute atomic E-state index is 6.02. The first-order valence-corrected chi connectivity index (χ1v) is 10.6. The lowest BCUT2D eigenvalue weighted by atomic mass is 9.81. The predicted molar refractivity (Wildman–Crippen MR) is 112 cm³/mol. The summed E-state index contributed by atoms with van der Waals surface area (Å²) in [5, 5.41) is 0. The van der Waals surface area contributed by atoms with Gasteiger partial charge in [-0.3, -0.25) is 0 Å². The Bertz CT molecular complexity index is 316. The first kappa shape index (κ1) is 26.8. The molecule has 0 aromatic heterocycles. The van der Waals surface area contributed by atoms with Gasteiger partial charge < -0.3 is 30.4 Å². The van der Waals surface area contributed by atoms with Gasteiger partial charge >= 0.3 is 0 Å². The molecule has 0 radical (unpaired) electrons. The van der Waals surface area contributed by atoms with Crippen molar-refractivity contribution in [3.63, 3.8) is 0 Å². The van der Waals surface area contributed by atoms with Crippen molar-refractivity contribution >= 4 is 0 Å². The van der Waals surface area contributed by atoms with Crippen LogP contribution in [0.5, 0.6) is 0 Å². The Hall–Kier alpha value is -0.240. The molecule has 4 atom stereocenters. The van der Waals surface area contributed by atoms with Gasteiger partial charge in [0.2, 0.25) is 0 Å². The third kappa shape index (κ3) is 14.4. The van der Waals surface area contributed by atoms with Gasteiger partial charge in [0.1, 0.15) is 0 Å². The molecule has 0 bridgehead atoms.